The minimum Gasteiger partial charge on any atom is -0.461 e. The molecule has 4 rings (SSSR count). The SMILES string of the molecule is COC12C=CC(C)(O1)C(OC(=O)C=Cc1cn(C)cn1)CC1C(C=C2COC(C)=O)C(C(C)C)CCC1(C)O. The Morgan fingerprint density at radius 1 is 1.31 bits per heavy atom. The Morgan fingerprint density at radius 3 is 2.67 bits per heavy atom. The number of fused-ring (bicyclic) bond motifs is 3. The lowest BCUT2D eigenvalue weighted by molar-refractivity contribution is -0.230. The van der Waals surface area contributed by atoms with Gasteiger partial charge in [-0.3, -0.25) is 4.79 Å². The number of imidazole rings is 1. The fourth-order valence-corrected chi connectivity index (χ4v) is 6.39. The molecule has 7 atom stereocenters. The molecule has 0 spiro atoms. The van der Waals surface area contributed by atoms with Crippen LogP contribution >= 0.6 is 0 Å². The normalized spacial score (nSPS) is 36.2. The predicted molar refractivity (Wildman–Crippen MR) is 145 cm³/mol. The summed E-state index contributed by atoms with van der Waals surface area (Å²) >= 11 is 0. The highest BCUT2D eigenvalue weighted by molar-refractivity contribution is 5.86. The first-order valence-electron chi connectivity index (χ1n) is 13.7. The monoisotopic (exact) mass is 542 g/mol. The van der Waals surface area contributed by atoms with Gasteiger partial charge in [0, 0.05) is 38.9 Å². The van der Waals surface area contributed by atoms with Crippen molar-refractivity contribution in [3.8, 4) is 0 Å². The molecule has 1 aliphatic carbocycles. The molecular weight excluding hydrogens is 500 g/mol. The van der Waals surface area contributed by atoms with Gasteiger partial charge in [-0.25, -0.2) is 9.78 Å². The van der Waals surface area contributed by atoms with E-state index in [1.165, 1.54) is 13.0 Å². The van der Waals surface area contributed by atoms with Gasteiger partial charge in [0.2, 0.25) is 5.79 Å². The summed E-state index contributed by atoms with van der Waals surface area (Å²) < 4.78 is 25.9. The van der Waals surface area contributed by atoms with Gasteiger partial charge in [-0.15, -0.1) is 0 Å². The Hall–Kier alpha value is -2.75. The zero-order valence-electron chi connectivity index (χ0n) is 24.0. The molecule has 9 nitrogen and oxygen atoms in total. The number of ether oxygens (including phenoxy) is 4. The van der Waals surface area contributed by atoms with Crippen LogP contribution in [0.2, 0.25) is 0 Å². The van der Waals surface area contributed by atoms with E-state index in [0.717, 1.165) is 6.42 Å². The van der Waals surface area contributed by atoms with Crippen LogP contribution < -0.4 is 0 Å². The fourth-order valence-electron chi connectivity index (χ4n) is 6.39. The van der Waals surface area contributed by atoms with E-state index in [2.05, 4.69) is 24.9 Å². The molecule has 0 aromatic carbocycles. The van der Waals surface area contributed by atoms with Gasteiger partial charge in [0.1, 0.15) is 18.3 Å². The van der Waals surface area contributed by atoms with Crippen molar-refractivity contribution in [1.29, 1.82) is 0 Å². The van der Waals surface area contributed by atoms with Crippen LogP contribution in [0.25, 0.3) is 6.08 Å². The maximum atomic E-state index is 13.1. The second-order valence-electron chi connectivity index (χ2n) is 11.9. The summed E-state index contributed by atoms with van der Waals surface area (Å²) in [5.41, 5.74) is -0.770. The molecule has 1 aromatic rings. The van der Waals surface area contributed by atoms with Gasteiger partial charge in [0.25, 0.3) is 0 Å². The van der Waals surface area contributed by atoms with Crippen LogP contribution in [0.4, 0.5) is 0 Å². The zero-order chi connectivity index (χ0) is 28.6. The Bertz CT molecular complexity index is 1170. The third-order valence-electron chi connectivity index (χ3n) is 8.66. The summed E-state index contributed by atoms with van der Waals surface area (Å²) in [5, 5.41) is 11.7. The van der Waals surface area contributed by atoms with Crippen LogP contribution in [0, 0.1) is 23.7 Å². The molecule has 3 heterocycles. The molecule has 0 radical (unpaired) electrons. The van der Waals surface area contributed by atoms with E-state index in [4.69, 9.17) is 18.9 Å². The summed E-state index contributed by atoms with van der Waals surface area (Å²) in [6, 6.07) is 0. The minimum absolute atomic E-state index is 0.0168. The van der Waals surface area contributed by atoms with Crippen molar-refractivity contribution >= 4 is 18.0 Å². The summed E-state index contributed by atoms with van der Waals surface area (Å²) in [7, 11) is 3.40. The Balaban J connectivity index is 1.76. The number of aromatic nitrogens is 2. The van der Waals surface area contributed by atoms with Crippen molar-refractivity contribution in [3.63, 3.8) is 0 Å². The van der Waals surface area contributed by atoms with E-state index in [9.17, 15) is 14.7 Å². The highest BCUT2D eigenvalue weighted by Crippen LogP contribution is 2.52. The number of nitrogens with zero attached hydrogens (tertiary/aromatic N) is 2. The molecule has 7 unspecified atom stereocenters. The van der Waals surface area contributed by atoms with E-state index in [0.29, 0.717) is 30.0 Å². The van der Waals surface area contributed by atoms with Crippen LogP contribution in [-0.4, -0.2) is 63.4 Å². The van der Waals surface area contributed by atoms with E-state index in [1.54, 1.807) is 36.4 Å². The van der Waals surface area contributed by atoms with E-state index < -0.39 is 35.0 Å². The third-order valence-corrected chi connectivity index (χ3v) is 8.66. The average Bonchev–Trinajstić information content (AvgIpc) is 3.45. The standard InChI is InChI=1S/C30H42N2O7/c1-19(2)23-10-11-28(4,35)25-15-26(38-27(34)9-8-22-16-32(6)18-31-22)29(5)12-13-30(36-7,39-29)21(14-24(23)25)17-37-20(3)33/h8-9,12-14,16,18-19,23-26,35H,10-11,15,17H2,1-7H3. The largest absolute Gasteiger partial charge is 0.461 e. The van der Waals surface area contributed by atoms with Crippen LogP contribution in [0.3, 0.4) is 0 Å². The molecule has 3 aliphatic rings. The Labute approximate surface area is 230 Å². The van der Waals surface area contributed by atoms with Gasteiger partial charge < -0.3 is 28.6 Å². The second-order valence-corrected chi connectivity index (χ2v) is 11.9. The maximum Gasteiger partial charge on any atom is 0.331 e. The topological polar surface area (TPSA) is 109 Å². The lowest BCUT2D eigenvalue weighted by Crippen LogP contribution is -2.52. The van der Waals surface area contributed by atoms with Crippen LogP contribution in [0.15, 0.2) is 42.4 Å². The van der Waals surface area contributed by atoms with Gasteiger partial charge in [0.15, 0.2) is 0 Å². The second kappa shape index (κ2) is 11.0. The fraction of sp³-hybridized carbons (Fsp3) is 0.633. The maximum absolute atomic E-state index is 13.1. The molecule has 0 saturated heterocycles. The van der Waals surface area contributed by atoms with E-state index in [1.807, 2.05) is 27.0 Å². The first-order chi connectivity index (χ1) is 18.3. The van der Waals surface area contributed by atoms with E-state index >= 15 is 0 Å². The van der Waals surface area contributed by atoms with E-state index in [-0.39, 0.29) is 24.4 Å². The summed E-state index contributed by atoms with van der Waals surface area (Å²) in [6.45, 7) is 9.43. The number of aryl methyl sites for hydroxylation is 1. The molecule has 1 aromatic heterocycles. The number of allylic oxidation sites excluding steroid dienone is 1. The Morgan fingerprint density at radius 2 is 2.05 bits per heavy atom. The summed E-state index contributed by atoms with van der Waals surface area (Å²) in [4.78, 5) is 29.1. The molecule has 2 aliphatic heterocycles. The third kappa shape index (κ3) is 6.05. The predicted octanol–water partition coefficient (Wildman–Crippen LogP) is 3.98. The van der Waals surface area contributed by atoms with Crippen LogP contribution in [-0.2, 0) is 35.6 Å². The molecule has 9 heteroatoms. The number of hydrogen-bond donors (Lipinski definition) is 1. The average molecular weight is 543 g/mol. The molecule has 1 fully saturated rings. The first kappa shape index (κ1) is 29.2. The number of carbonyl (C=O) groups excluding carboxylic acids is 2. The number of rotatable bonds is 7. The van der Waals surface area contributed by atoms with Crippen molar-refractivity contribution in [1.82, 2.24) is 9.55 Å². The summed E-state index contributed by atoms with van der Waals surface area (Å²) in [6.07, 6.45) is 13.3. The quantitative estimate of drug-likeness (QED) is 0.313. The van der Waals surface area contributed by atoms with Gasteiger partial charge in [-0.05, 0) is 75.0 Å². The molecule has 2 bridgehead atoms. The number of esters is 2. The molecule has 0 amide bonds. The van der Waals surface area contributed by atoms with Crippen molar-refractivity contribution in [2.75, 3.05) is 13.7 Å². The van der Waals surface area contributed by atoms with Crippen LogP contribution in [0.5, 0.6) is 0 Å². The van der Waals surface area contributed by atoms with Crippen LogP contribution in [0.1, 0.15) is 59.6 Å². The lowest BCUT2D eigenvalue weighted by Gasteiger charge is -2.49. The van der Waals surface area contributed by atoms with Crippen molar-refractivity contribution in [3.05, 3.63) is 48.1 Å². The molecule has 1 saturated carbocycles. The lowest BCUT2D eigenvalue weighted by atomic mass is 9.59. The van der Waals surface area contributed by atoms with Crippen molar-refractivity contribution in [2.24, 2.45) is 30.7 Å². The molecule has 214 valence electrons. The number of hydrogen-bond acceptors (Lipinski definition) is 8. The van der Waals surface area contributed by atoms with Gasteiger partial charge in [-0.2, -0.15) is 0 Å². The van der Waals surface area contributed by atoms with Crippen molar-refractivity contribution < 1.29 is 33.6 Å². The van der Waals surface area contributed by atoms with Gasteiger partial charge in [-0.1, -0.05) is 19.9 Å². The Kier molecular flexibility index (Phi) is 8.26. The summed E-state index contributed by atoms with van der Waals surface area (Å²) in [5.74, 6) is -1.99. The van der Waals surface area contributed by atoms with Gasteiger partial charge in [0.05, 0.1) is 17.6 Å². The molecular formula is C30H42N2O7. The highest BCUT2D eigenvalue weighted by atomic mass is 16.7. The highest BCUT2D eigenvalue weighted by Gasteiger charge is 2.56. The van der Waals surface area contributed by atoms with Gasteiger partial charge >= 0.3 is 11.9 Å². The number of methoxy groups -OCH3 is 1. The number of carbonyl (C=O) groups is 2. The smallest absolute Gasteiger partial charge is 0.331 e. The molecule has 1 N–H and O–H groups in total. The minimum atomic E-state index is -1.31. The number of aliphatic hydroxyl groups is 1. The first-order valence-corrected chi connectivity index (χ1v) is 13.7. The zero-order valence-corrected chi connectivity index (χ0v) is 24.0. The van der Waals surface area contributed by atoms with Crippen molar-refractivity contribution in [2.45, 2.75) is 77.0 Å². The molecule has 39 heavy (non-hydrogen) atoms.